The minimum Gasteiger partial charge on any atom is -0.349 e. The molecule has 0 unspecified atom stereocenters. The number of carbonyl (C=O) groups is 1. The van der Waals surface area contributed by atoms with E-state index in [1.807, 2.05) is 29.7 Å². The number of nitrogens with one attached hydrogen (secondary N) is 2. The van der Waals surface area contributed by atoms with Crippen LogP contribution in [0.25, 0.3) is 5.65 Å². The zero-order chi connectivity index (χ0) is 13.7. The molecule has 0 fully saturated rings. The molecule has 5 heteroatoms. The third kappa shape index (κ3) is 3.54. The number of aromatic nitrogens is 2. The highest BCUT2D eigenvalue weighted by atomic mass is 16.1. The van der Waals surface area contributed by atoms with Crippen molar-refractivity contribution in [3.63, 3.8) is 0 Å². The summed E-state index contributed by atoms with van der Waals surface area (Å²) in [6, 6.07) is 3.95. The zero-order valence-corrected chi connectivity index (χ0v) is 11.4. The van der Waals surface area contributed by atoms with Crippen LogP contribution in [0.4, 0.5) is 0 Å². The minimum atomic E-state index is -0.125. The lowest BCUT2D eigenvalue weighted by atomic mass is 10.3. The van der Waals surface area contributed by atoms with Crippen LogP contribution in [0.15, 0.2) is 24.5 Å². The van der Waals surface area contributed by atoms with Gasteiger partial charge in [-0.1, -0.05) is 6.92 Å². The van der Waals surface area contributed by atoms with Crippen LogP contribution < -0.4 is 10.6 Å². The Morgan fingerprint density at radius 3 is 3.00 bits per heavy atom. The van der Waals surface area contributed by atoms with E-state index in [4.69, 9.17) is 0 Å². The maximum atomic E-state index is 11.9. The maximum Gasteiger partial charge on any atom is 0.271 e. The van der Waals surface area contributed by atoms with E-state index in [0.29, 0.717) is 12.2 Å². The van der Waals surface area contributed by atoms with E-state index in [-0.39, 0.29) is 5.91 Å². The zero-order valence-electron chi connectivity index (χ0n) is 11.4. The SMILES string of the molecule is CCCNCCNC(=O)c1cn2ccc(C)cc2n1. The first-order valence-electron chi connectivity index (χ1n) is 6.65. The Morgan fingerprint density at radius 1 is 1.37 bits per heavy atom. The Balaban J connectivity index is 1.94. The highest BCUT2D eigenvalue weighted by Crippen LogP contribution is 2.07. The Bertz CT molecular complexity index is 562. The van der Waals surface area contributed by atoms with Gasteiger partial charge in [0.1, 0.15) is 11.3 Å². The summed E-state index contributed by atoms with van der Waals surface area (Å²) in [6.07, 6.45) is 4.76. The van der Waals surface area contributed by atoms with Gasteiger partial charge in [-0.05, 0) is 37.6 Å². The van der Waals surface area contributed by atoms with Gasteiger partial charge in [0.05, 0.1) is 0 Å². The van der Waals surface area contributed by atoms with Crippen LogP contribution in [0.3, 0.4) is 0 Å². The van der Waals surface area contributed by atoms with Gasteiger partial charge in [0.2, 0.25) is 0 Å². The second-order valence-corrected chi connectivity index (χ2v) is 4.60. The van der Waals surface area contributed by atoms with Crippen LogP contribution in [0.1, 0.15) is 29.4 Å². The largest absolute Gasteiger partial charge is 0.349 e. The molecule has 0 saturated heterocycles. The topological polar surface area (TPSA) is 58.4 Å². The van der Waals surface area contributed by atoms with E-state index in [0.717, 1.165) is 30.7 Å². The molecule has 5 nitrogen and oxygen atoms in total. The van der Waals surface area contributed by atoms with E-state index >= 15 is 0 Å². The van der Waals surface area contributed by atoms with Gasteiger partial charge in [0.25, 0.3) is 5.91 Å². The average molecular weight is 260 g/mol. The number of hydrogen-bond donors (Lipinski definition) is 2. The maximum absolute atomic E-state index is 11.9. The molecule has 0 aromatic carbocycles. The molecule has 2 aromatic heterocycles. The second-order valence-electron chi connectivity index (χ2n) is 4.60. The fourth-order valence-electron chi connectivity index (χ4n) is 1.85. The van der Waals surface area contributed by atoms with Gasteiger partial charge in [-0.2, -0.15) is 0 Å². The predicted octanol–water partition coefficient (Wildman–Crippen LogP) is 1.37. The van der Waals surface area contributed by atoms with Crippen molar-refractivity contribution in [2.75, 3.05) is 19.6 Å². The fraction of sp³-hybridized carbons (Fsp3) is 0.429. The smallest absolute Gasteiger partial charge is 0.271 e. The van der Waals surface area contributed by atoms with E-state index in [9.17, 15) is 4.79 Å². The molecule has 0 aliphatic carbocycles. The number of carbonyl (C=O) groups excluding carboxylic acids is 1. The fourth-order valence-corrected chi connectivity index (χ4v) is 1.85. The van der Waals surface area contributed by atoms with Gasteiger partial charge in [0, 0.05) is 25.5 Å². The molecule has 2 N–H and O–H groups in total. The Kier molecular flexibility index (Phi) is 4.52. The molecule has 19 heavy (non-hydrogen) atoms. The van der Waals surface area contributed by atoms with Crippen molar-refractivity contribution in [1.29, 1.82) is 0 Å². The van der Waals surface area contributed by atoms with Crippen molar-refractivity contribution in [2.24, 2.45) is 0 Å². The molecule has 0 bridgehead atoms. The van der Waals surface area contributed by atoms with Crippen LogP contribution >= 0.6 is 0 Å². The molecule has 2 aromatic rings. The van der Waals surface area contributed by atoms with Gasteiger partial charge in [-0.25, -0.2) is 4.98 Å². The van der Waals surface area contributed by atoms with Crippen LogP contribution in [0.2, 0.25) is 0 Å². The summed E-state index contributed by atoms with van der Waals surface area (Å²) in [4.78, 5) is 16.2. The molecule has 2 heterocycles. The standard InChI is InChI=1S/C14H20N4O/c1-3-5-15-6-7-16-14(19)12-10-18-8-4-11(2)9-13(18)17-12/h4,8-10,15H,3,5-7H2,1-2H3,(H,16,19). The summed E-state index contributed by atoms with van der Waals surface area (Å²) in [5, 5.41) is 6.09. The lowest BCUT2D eigenvalue weighted by molar-refractivity contribution is 0.0949. The summed E-state index contributed by atoms with van der Waals surface area (Å²) in [7, 11) is 0. The lowest BCUT2D eigenvalue weighted by Gasteiger charge is -2.03. The normalized spacial score (nSPS) is 10.8. The molecule has 102 valence electrons. The number of aryl methyl sites for hydroxylation is 1. The second kappa shape index (κ2) is 6.33. The first kappa shape index (κ1) is 13.5. The van der Waals surface area contributed by atoms with Crippen LogP contribution in [0, 0.1) is 6.92 Å². The summed E-state index contributed by atoms with van der Waals surface area (Å²) >= 11 is 0. The summed E-state index contributed by atoms with van der Waals surface area (Å²) in [5.41, 5.74) is 2.39. The minimum absolute atomic E-state index is 0.125. The number of rotatable bonds is 6. The van der Waals surface area contributed by atoms with E-state index in [1.54, 1.807) is 6.20 Å². The monoisotopic (exact) mass is 260 g/mol. The number of hydrogen-bond acceptors (Lipinski definition) is 3. The van der Waals surface area contributed by atoms with Crippen molar-refractivity contribution in [3.05, 3.63) is 35.8 Å². The number of pyridine rings is 1. The average Bonchev–Trinajstić information content (AvgIpc) is 2.81. The third-order valence-corrected chi connectivity index (χ3v) is 2.86. The lowest BCUT2D eigenvalue weighted by Crippen LogP contribution is -2.32. The quantitative estimate of drug-likeness (QED) is 0.771. The Morgan fingerprint density at radius 2 is 2.21 bits per heavy atom. The van der Waals surface area contributed by atoms with E-state index in [2.05, 4.69) is 22.5 Å². The Hall–Kier alpha value is -1.88. The molecular formula is C14H20N4O. The molecule has 0 aliphatic heterocycles. The van der Waals surface area contributed by atoms with Crippen LogP contribution in [-0.2, 0) is 0 Å². The third-order valence-electron chi connectivity index (χ3n) is 2.86. The number of imidazole rings is 1. The molecule has 0 aliphatic rings. The van der Waals surface area contributed by atoms with Crippen molar-refractivity contribution in [2.45, 2.75) is 20.3 Å². The number of fused-ring (bicyclic) bond motifs is 1. The summed E-state index contributed by atoms with van der Waals surface area (Å²) in [6.45, 7) is 6.50. The van der Waals surface area contributed by atoms with Crippen LogP contribution in [-0.4, -0.2) is 34.9 Å². The van der Waals surface area contributed by atoms with Crippen LogP contribution in [0.5, 0.6) is 0 Å². The van der Waals surface area contributed by atoms with Gasteiger partial charge < -0.3 is 15.0 Å². The summed E-state index contributed by atoms with van der Waals surface area (Å²) in [5.74, 6) is -0.125. The van der Waals surface area contributed by atoms with Crippen molar-refractivity contribution in [1.82, 2.24) is 20.0 Å². The molecule has 0 radical (unpaired) electrons. The highest BCUT2D eigenvalue weighted by Gasteiger charge is 2.09. The summed E-state index contributed by atoms with van der Waals surface area (Å²) < 4.78 is 1.86. The van der Waals surface area contributed by atoms with Gasteiger partial charge in [0.15, 0.2) is 0 Å². The number of amides is 1. The van der Waals surface area contributed by atoms with E-state index in [1.165, 1.54) is 0 Å². The molecule has 0 atom stereocenters. The molecule has 1 amide bonds. The Labute approximate surface area is 113 Å². The molecule has 0 saturated carbocycles. The van der Waals surface area contributed by atoms with Gasteiger partial charge in [-0.15, -0.1) is 0 Å². The van der Waals surface area contributed by atoms with E-state index < -0.39 is 0 Å². The highest BCUT2D eigenvalue weighted by molar-refractivity contribution is 5.92. The number of nitrogens with zero attached hydrogens (tertiary/aromatic N) is 2. The van der Waals surface area contributed by atoms with Crippen molar-refractivity contribution < 1.29 is 4.79 Å². The van der Waals surface area contributed by atoms with Gasteiger partial charge in [-0.3, -0.25) is 4.79 Å². The van der Waals surface area contributed by atoms with Crippen molar-refractivity contribution >= 4 is 11.6 Å². The predicted molar refractivity (Wildman–Crippen MR) is 75.4 cm³/mol. The molecule has 0 spiro atoms. The first-order valence-corrected chi connectivity index (χ1v) is 6.65. The molecular weight excluding hydrogens is 240 g/mol. The van der Waals surface area contributed by atoms with Gasteiger partial charge >= 0.3 is 0 Å². The first-order chi connectivity index (χ1) is 9.20. The molecule has 2 rings (SSSR count). The van der Waals surface area contributed by atoms with Crippen molar-refractivity contribution in [3.8, 4) is 0 Å².